The van der Waals surface area contributed by atoms with Crippen LogP contribution in [-0.4, -0.2) is 74.3 Å². The van der Waals surface area contributed by atoms with Crippen molar-refractivity contribution in [3.63, 3.8) is 0 Å². The molecular formula is C18H32Cl2N6. The lowest BCUT2D eigenvalue weighted by atomic mass is 10.0. The Hall–Kier alpha value is -0.820. The first-order chi connectivity index (χ1) is 11.6. The number of fused-ring (bicyclic) bond motifs is 1. The fourth-order valence-corrected chi connectivity index (χ4v) is 4.55. The molecule has 26 heavy (non-hydrogen) atoms. The monoisotopic (exact) mass is 402 g/mol. The van der Waals surface area contributed by atoms with E-state index >= 15 is 0 Å². The summed E-state index contributed by atoms with van der Waals surface area (Å²) >= 11 is 0. The van der Waals surface area contributed by atoms with E-state index in [9.17, 15) is 0 Å². The molecule has 3 saturated heterocycles. The summed E-state index contributed by atoms with van der Waals surface area (Å²) in [5.74, 6) is 3.70. The van der Waals surface area contributed by atoms with Crippen LogP contribution in [0.4, 0.5) is 11.8 Å². The number of hydrogen-bond donors (Lipinski definition) is 1. The van der Waals surface area contributed by atoms with Crippen molar-refractivity contribution in [3.8, 4) is 0 Å². The highest BCUT2D eigenvalue weighted by Crippen LogP contribution is 2.31. The lowest BCUT2D eigenvalue weighted by Gasteiger charge is -2.37. The Morgan fingerprint density at radius 2 is 1.65 bits per heavy atom. The highest BCUT2D eigenvalue weighted by molar-refractivity contribution is 5.85. The Morgan fingerprint density at radius 3 is 2.23 bits per heavy atom. The molecule has 4 heterocycles. The number of nitrogens with one attached hydrogen (secondary N) is 1. The van der Waals surface area contributed by atoms with Gasteiger partial charge in [0.15, 0.2) is 0 Å². The van der Waals surface area contributed by atoms with E-state index < -0.39 is 0 Å². The molecule has 0 saturated carbocycles. The van der Waals surface area contributed by atoms with Crippen molar-refractivity contribution in [2.75, 3.05) is 63.2 Å². The second kappa shape index (κ2) is 8.91. The first-order valence-electron chi connectivity index (χ1n) is 9.33. The van der Waals surface area contributed by atoms with Gasteiger partial charge in [-0.1, -0.05) is 0 Å². The molecule has 1 aromatic rings. The average Bonchev–Trinajstić information content (AvgIpc) is 3.16. The third-order valence-corrected chi connectivity index (χ3v) is 5.95. The zero-order valence-corrected chi connectivity index (χ0v) is 17.7. The predicted molar refractivity (Wildman–Crippen MR) is 112 cm³/mol. The van der Waals surface area contributed by atoms with Crippen molar-refractivity contribution in [2.45, 2.75) is 25.8 Å². The Kier molecular flexibility index (Phi) is 7.36. The van der Waals surface area contributed by atoms with Gasteiger partial charge in [-0.25, -0.2) is 4.98 Å². The van der Waals surface area contributed by atoms with E-state index in [1.54, 1.807) is 0 Å². The normalized spacial score (nSPS) is 26.2. The van der Waals surface area contributed by atoms with Crippen molar-refractivity contribution in [2.24, 2.45) is 11.8 Å². The molecule has 4 rings (SSSR count). The minimum atomic E-state index is 0. The first kappa shape index (κ1) is 21.5. The highest BCUT2D eigenvalue weighted by atomic mass is 35.5. The van der Waals surface area contributed by atoms with Crippen LogP contribution in [0.25, 0.3) is 0 Å². The number of hydrogen-bond acceptors (Lipinski definition) is 6. The lowest BCUT2D eigenvalue weighted by molar-refractivity contribution is 0.194. The summed E-state index contributed by atoms with van der Waals surface area (Å²) in [6, 6.07) is 2.89. The molecule has 1 aromatic heterocycles. The minimum absolute atomic E-state index is 0. The second-order valence-corrected chi connectivity index (χ2v) is 7.91. The maximum absolute atomic E-state index is 4.74. The summed E-state index contributed by atoms with van der Waals surface area (Å²) in [7, 11) is 4.01. The molecule has 1 N–H and O–H groups in total. The average molecular weight is 403 g/mol. The van der Waals surface area contributed by atoms with Gasteiger partial charge in [0.05, 0.1) is 0 Å². The molecule has 0 radical (unpaired) electrons. The molecule has 0 amide bonds. The quantitative estimate of drug-likeness (QED) is 0.831. The molecule has 0 aromatic carbocycles. The molecule has 3 fully saturated rings. The molecular weight excluding hydrogens is 371 g/mol. The number of piperidine rings is 1. The fraction of sp³-hybridized carbons (Fsp3) is 0.778. The van der Waals surface area contributed by atoms with Gasteiger partial charge in [0.2, 0.25) is 5.95 Å². The van der Waals surface area contributed by atoms with E-state index in [0.29, 0.717) is 0 Å². The van der Waals surface area contributed by atoms with Crippen molar-refractivity contribution >= 4 is 36.6 Å². The van der Waals surface area contributed by atoms with Gasteiger partial charge in [0, 0.05) is 58.1 Å². The van der Waals surface area contributed by atoms with Crippen molar-refractivity contribution < 1.29 is 0 Å². The molecule has 148 valence electrons. The van der Waals surface area contributed by atoms with E-state index in [1.807, 2.05) is 19.0 Å². The summed E-state index contributed by atoms with van der Waals surface area (Å²) in [5, 5.41) is 3.54. The van der Waals surface area contributed by atoms with E-state index in [0.717, 1.165) is 48.4 Å². The Bertz CT molecular complexity index is 579. The Balaban J connectivity index is 0.00000121. The maximum atomic E-state index is 4.74. The topological polar surface area (TPSA) is 47.5 Å². The summed E-state index contributed by atoms with van der Waals surface area (Å²) in [4.78, 5) is 16.5. The minimum Gasteiger partial charge on any atom is -0.356 e. The van der Waals surface area contributed by atoms with E-state index in [2.05, 4.69) is 33.1 Å². The van der Waals surface area contributed by atoms with Gasteiger partial charge in [0.1, 0.15) is 5.82 Å². The molecule has 0 spiro atoms. The van der Waals surface area contributed by atoms with Crippen LogP contribution in [0.3, 0.4) is 0 Å². The molecule has 0 unspecified atom stereocenters. The zero-order chi connectivity index (χ0) is 16.7. The molecule has 2 atom stereocenters. The van der Waals surface area contributed by atoms with Crippen molar-refractivity contribution in [1.29, 1.82) is 0 Å². The van der Waals surface area contributed by atoms with Crippen LogP contribution >= 0.6 is 24.8 Å². The van der Waals surface area contributed by atoms with Crippen LogP contribution in [0.5, 0.6) is 0 Å². The van der Waals surface area contributed by atoms with Gasteiger partial charge in [-0.3, -0.25) is 4.90 Å². The summed E-state index contributed by atoms with van der Waals surface area (Å²) in [5.41, 5.74) is 1.05. The van der Waals surface area contributed by atoms with Gasteiger partial charge < -0.3 is 15.1 Å². The van der Waals surface area contributed by atoms with E-state index in [-0.39, 0.29) is 24.8 Å². The van der Waals surface area contributed by atoms with Gasteiger partial charge in [-0.05, 0) is 44.7 Å². The van der Waals surface area contributed by atoms with Crippen LogP contribution < -0.4 is 15.1 Å². The molecule has 3 aliphatic heterocycles. The second-order valence-electron chi connectivity index (χ2n) is 7.91. The van der Waals surface area contributed by atoms with Crippen LogP contribution in [0.15, 0.2) is 6.07 Å². The van der Waals surface area contributed by atoms with E-state index in [4.69, 9.17) is 4.98 Å². The molecule has 0 bridgehead atoms. The SMILES string of the molecule is Cc1cc(N2CCC(N3C[C@H]4CNC[C@H]4C3)CC2)nc(N(C)C)n1.Cl.Cl. The Morgan fingerprint density at radius 1 is 1.04 bits per heavy atom. The number of rotatable bonds is 3. The summed E-state index contributed by atoms with van der Waals surface area (Å²) < 4.78 is 0. The number of aromatic nitrogens is 2. The molecule has 0 aliphatic carbocycles. The van der Waals surface area contributed by atoms with Crippen LogP contribution in [0.1, 0.15) is 18.5 Å². The summed E-state index contributed by atoms with van der Waals surface area (Å²) in [6.45, 7) is 9.35. The number of anilines is 2. The first-order valence-corrected chi connectivity index (χ1v) is 9.33. The van der Waals surface area contributed by atoms with Crippen LogP contribution in [0.2, 0.25) is 0 Å². The smallest absolute Gasteiger partial charge is 0.226 e. The van der Waals surface area contributed by atoms with Gasteiger partial charge in [0.25, 0.3) is 0 Å². The zero-order valence-electron chi connectivity index (χ0n) is 16.0. The largest absolute Gasteiger partial charge is 0.356 e. The third-order valence-electron chi connectivity index (χ3n) is 5.95. The fourth-order valence-electron chi connectivity index (χ4n) is 4.55. The van der Waals surface area contributed by atoms with Crippen LogP contribution in [0, 0.1) is 18.8 Å². The number of aryl methyl sites for hydroxylation is 1. The van der Waals surface area contributed by atoms with Crippen LogP contribution in [-0.2, 0) is 0 Å². The number of nitrogens with zero attached hydrogens (tertiary/aromatic N) is 5. The standard InChI is InChI=1S/C18H30N6.2ClH/c1-13-8-17(21-18(20-13)22(2)3)23-6-4-16(5-7-23)24-11-14-9-19-10-15(14)12-24;;/h8,14-16,19H,4-7,9-12H2,1-3H3;2*1H/t14-,15+;;. The maximum Gasteiger partial charge on any atom is 0.226 e. The predicted octanol–water partition coefficient (Wildman–Crippen LogP) is 1.81. The number of likely N-dealkylation sites (tertiary alicyclic amines) is 1. The third kappa shape index (κ3) is 4.35. The number of halogens is 2. The van der Waals surface area contributed by atoms with Crippen molar-refractivity contribution in [3.05, 3.63) is 11.8 Å². The molecule has 8 heteroatoms. The van der Waals surface area contributed by atoms with Gasteiger partial charge in [-0.15, -0.1) is 24.8 Å². The Labute approximate surface area is 169 Å². The molecule has 6 nitrogen and oxygen atoms in total. The van der Waals surface area contributed by atoms with Gasteiger partial charge in [-0.2, -0.15) is 4.98 Å². The summed E-state index contributed by atoms with van der Waals surface area (Å²) in [6.07, 6.45) is 2.51. The van der Waals surface area contributed by atoms with Crippen molar-refractivity contribution in [1.82, 2.24) is 20.2 Å². The van der Waals surface area contributed by atoms with Gasteiger partial charge >= 0.3 is 0 Å². The van der Waals surface area contributed by atoms with E-state index in [1.165, 1.54) is 39.0 Å². The molecule has 3 aliphatic rings. The lowest BCUT2D eigenvalue weighted by Crippen LogP contribution is -2.45. The highest BCUT2D eigenvalue weighted by Gasteiger charge is 2.39.